The number of fused-ring (bicyclic) bond motifs is 1. The molecule has 0 aromatic heterocycles. The smallest absolute Gasteiger partial charge is 0.0596 e. The number of likely N-dealkylation sites (N-methyl/N-ethyl adjacent to an activating group) is 1. The molecule has 112 valence electrons. The number of ether oxygens (including phenoxy) is 1. The molecule has 0 saturated heterocycles. The predicted molar refractivity (Wildman–Crippen MR) is 83.8 cm³/mol. The Morgan fingerprint density at radius 3 is 2.85 bits per heavy atom. The van der Waals surface area contributed by atoms with Crippen molar-refractivity contribution in [2.24, 2.45) is 5.73 Å². The van der Waals surface area contributed by atoms with Crippen LogP contribution in [0.25, 0.3) is 0 Å². The summed E-state index contributed by atoms with van der Waals surface area (Å²) < 4.78 is 5.66. The molecule has 3 nitrogen and oxygen atoms in total. The molecule has 0 bridgehead atoms. The third-order valence-corrected chi connectivity index (χ3v) is 4.24. The van der Waals surface area contributed by atoms with Crippen molar-refractivity contribution >= 4 is 0 Å². The standard InChI is InChI=1S/C17H28N2O/c1-13(2)20-12-11-19(3)16-10-6-8-14-7-4-5-9-15(14)17(16)18/h4-5,7,9,13,16-17H,6,8,10-12,18H2,1-3H3. The van der Waals surface area contributed by atoms with Gasteiger partial charge in [0.2, 0.25) is 0 Å². The van der Waals surface area contributed by atoms with E-state index in [1.54, 1.807) is 0 Å². The van der Waals surface area contributed by atoms with Gasteiger partial charge < -0.3 is 10.5 Å². The summed E-state index contributed by atoms with van der Waals surface area (Å²) in [6.07, 6.45) is 3.82. The minimum absolute atomic E-state index is 0.109. The Kier molecular flexibility index (Phi) is 5.58. The fraction of sp³-hybridized carbons (Fsp3) is 0.647. The molecular weight excluding hydrogens is 248 g/mol. The van der Waals surface area contributed by atoms with Crippen LogP contribution in [0.1, 0.15) is 43.9 Å². The third-order valence-electron chi connectivity index (χ3n) is 4.24. The topological polar surface area (TPSA) is 38.5 Å². The summed E-state index contributed by atoms with van der Waals surface area (Å²) >= 11 is 0. The number of hydrogen-bond acceptors (Lipinski definition) is 3. The Labute approximate surface area is 123 Å². The first-order chi connectivity index (χ1) is 9.59. The molecule has 2 unspecified atom stereocenters. The van der Waals surface area contributed by atoms with Crippen molar-refractivity contribution in [2.75, 3.05) is 20.2 Å². The number of hydrogen-bond donors (Lipinski definition) is 1. The second-order valence-electron chi connectivity index (χ2n) is 6.08. The quantitative estimate of drug-likeness (QED) is 0.840. The summed E-state index contributed by atoms with van der Waals surface area (Å²) in [7, 11) is 2.17. The molecule has 1 aliphatic carbocycles. The Hall–Kier alpha value is -0.900. The summed E-state index contributed by atoms with van der Waals surface area (Å²) in [5.74, 6) is 0. The monoisotopic (exact) mass is 276 g/mol. The van der Waals surface area contributed by atoms with E-state index >= 15 is 0 Å². The highest BCUT2D eigenvalue weighted by molar-refractivity contribution is 5.32. The molecule has 1 aliphatic rings. The van der Waals surface area contributed by atoms with E-state index in [2.05, 4.69) is 50.1 Å². The van der Waals surface area contributed by atoms with Crippen LogP contribution in [0, 0.1) is 0 Å². The van der Waals surface area contributed by atoms with E-state index in [1.165, 1.54) is 17.5 Å². The molecule has 2 rings (SSSR count). The molecule has 20 heavy (non-hydrogen) atoms. The van der Waals surface area contributed by atoms with Gasteiger partial charge in [-0.1, -0.05) is 24.3 Å². The summed E-state index contributed by atoms with van der Waals surface area (Å²) in [6, 6.07) is 9.15. The second kappa shape index (κ2) is 7.21. The molecule has 1 aromatic carbocycles. The normalized spacial score (nSPS) is 22.9. The molecule has 0 heterocycles. The summed E-state index contributed by atoms with van der Waals surface area (Å²) in [5.41, 5.74) is 9.29. The van der Waals surface area contributed by atoms with Crippen LogP contribution in [0.5, 0.6) is 0 Å². The number of aryl methyl sites for hydroxylation is 1. The molecule has 0 aliphatic heterocycles. The van der Waals surface area contributed by atoms with Crippen LogP contribution in [0.15, 0.2) is 24.3 Å². The lowest BCUT2D eigenvalue weighted by Gasteiger charge is -2.32. The van der Waals surface area contributed by atoms with Crippen molar-refractivity contribution in [1.82, 2.24) is 4.90 Å². The zero-order chi connectivity index (χ0) is 14.5. The minimum Gasteiger partial charge on any atom is -0.377 e. The number of nitrogens with zero attached hydrogens (tertiary/aromatic N) is 1. The largest absolute Gasteiger partial charge is 0.377 e. The first-order valence-corrected chi connectivity index (χ1v) is 7.75. The second-order valence-corrected chi connectivity index (χ2v) is 6.08. The van der Waals surface area contributed by atoms with Gasteiger partial charge in [0.25, 0.3) is 0 Å². The summed E-state index contributed by atoms with van der Waals surface area (Å²) in [6.45, 7) is 5.87. The van der Waals surface area contributed by atoms with Crippen molar-refractivity contribution in [2.45, 2.75) is 51.3 Å². The lowest BCUT2D eigenvalue weighted by atomic mass is 9.96. The lowest BCUT2D eigenvalue weighted by molar-refractivity contribution is 0.0519. The molecule has 0 spiro atoms. The van der Waals surface area contributed by atoms with E-state index in [0.717, 1.165) is 26.0 Å². The first kappa shape index (κ1) is 15.5. The number of benzene rings is 1. The van der Waals surface area contributed by atoms with Gasteiger partial charge in [0.15, 0.2) is 0 Å². The highest BCUT2D eigenvalue weighted by Gasteiger charge is 2.27. The zero-order valence-corrected chi connectivity index (χ0v) is 13.0. The maximum absolute atomic E-state index is 6.54. The van der Waals surface area contributed by atoms with E-state index in [9.17, 15) is 0 Å². The van der Waals surface area contributed by atoms with Gasteiger partial charge in [-0.3, -0.25) is 4.90 Å². The fourth-order valence-corrected chi connectivity index (χ4v) is 3.07. The van der Waals surface area contributed by atoms with Crippen molar-refractivity contribution in [3.8, 4) is 0 Å². The Morgan fingerprint density at radius 2 is 2.10 bits per heavy atom. The van der Waals surface area contributed by atoms with Crippen molar-refractivity contribution in [3.05, 3.63) is 35.4 Å². The van der Waals surface area contributed by atoms with E-state index in [0.29, 0.717) is 12.1 Å². The van der Waals surface area contributed by atoms with Gasteiger partial charge in [-0.2, -0.15) is 0 Å². The summed E-state index contributed by atoms with van der Waals surface area (Å²) in [5, 5.41) is 0. The van der Waals surface area contributed by atoms with Crippen LogP contribution in [0.4, 0.5) is 0 Å². The molecule has 1 aromatic rings. The molecule has 2 atom stereocenters. The highest BCUT2D eigenvalue weighted by Crippen LogP contribution is 2.29. The van der Waals surface area contributed by atoms with Gasteiger partial charge in [0, 0.05) is 18.6 Å². The van der Waals surface area contributed by atoms with Crippen LogP contribution < -0.4 is 5.73 Å². The van der Waals surface area contributed by atoms with Crippen LogP contribution in [-0.4, -0.2) is 37.2 Å². The molecular formula is C17H28N2O. The fourth-order valence-electron chi connectivity index (χ4n) is 3.07. The van der Waals surface area contributed by atoms with Gasteiger partial charge in [-0.05, 0) is 51.3 Å². The summed E-state index contributed by atoms with van der Waals surface area (Å²) in [4.78, 5) is 2.37. The van der Waals surface area contributed by atoms with E-state index < -0.39 is 0 Å². The van der Waals surface area contributed by atoms with Gasteiger partial charge in [0.1, 0.15) is 0 Å². The molecule has 0 radical (unpaired) electrons. The van der Waals surface area contributed by atoms with Gasteiger partial charge in [0.05, 0.1) is 12.7 Å². The number of rotatable bonds is 5. The van der Waals surface area contributed by atoms with Gasteiger partial charge >= 0.3 is 0 Å². The van der Waals surface area contributed by atoms with Crippen molar-refractivity contribution in [3.63, 3.8) is 0 Å². The SMILES string of the molecule is CC(C)OCCN(C)C1CCCc2ccccc2C1N. The Balaban J connectivity index is 2.01. The average molecular weight is 276 g/mol. The van der Waals surface area contributed by atoms with Crippen LogP contribution in [0.2, 0.25) is 0 Å². The third kappa shape index (κ3) is 3.81. The first-order valence-electron chi connectivity index (χ1n) is 7.75. The van der Waals surface area contributed by atoms with Crippen molar-refractivity contribution < 1.29 is 4.74 Å². The highest BCUT2D eigenvalue weighted by atomic mass is 16.5. The molecule has 2 N–H and O–H groups in total. The van der Waals surface area contributed by atoms with Crippen LogP contribution in [0.3, 0.4) is 0 Å². The van der Waals surface area contributed by atoms with E-state index in [4.69, 9.17) is 10.5 Å². The van der Waals surface area contributed by atoms with Crippen LogP contribution >= 0.6 is 0 Å². The predicted octanol–water partition coefficient (Wildman–Crippen LogP) is 2.75. The molecule has 0 amide bonds. The van der Waals surface area contributed by atoms with Crippen molar-refractivity contribution in [1.29, 1.82) is 0 Å². The van der Waals surface area contributed by atoms with E-state index in [1.807, 2.05) is 0 Å². The maximum Gasteiger partial charge on any atom is 0.0596 e. The maximum atomic E-state index is 6.54. The number of nitrogens with two attached hydrogens (primary N) is 1. The van der Waals surface area contributed by atoms with Gasteiger partial charge in [-0.15, -0.1) is 0 Å². The Bertz CT molecular complexity index is 419. The average Bonchev–Trinajstić information content (AvgIpc) is 2.58. The minimum atomic E-state index is 0.109. The lowest BCUT2D eigenvalue weighted by Crippen LogP contribution is -2.41. The van der Waals surface area contributed by atoms with Crippen LogP contribution in [-0.2, 0) is 11.2 Å². The molecule has 0 fully saturated rings. The molecule has 0 saturated carbocycles. The van der Waals surface area contributed by atoms with E-state index in [-0.39, 0.29) is 6.04 Å². The zero-order valence-electron chi connectivity index (χ0n) is 13.0. The molecule has 3 heteroatoms. The van der Waals surface area contributed by atoms with Gasteiger partial charge in [-0.25, -0.2) is 0 Å². The Morgan fingerprint density at radius 1 is 1.35 bits per heavy atom.